The van der Waals surface area contributed by atoms with Crippen LogP contribution < -0.4 is 27.4 Å². The van der Waals surface area contributed by atoms with Gasteiger partial charge in [-0.05, 0) is 18.3 Å². The summed E-state index contributed by atoms with van der Waals surface area (Å²) in [6.07, 6.45) is -0.151. The third kappa shape index (κ3) is 10.6. The Morgan fingerprint density at radius 1 is 0.794 bits per heavy atom. The molecule has 0 aromatic carbocycles. The van der Waals surface area contributed by atoms with Crippen LogP contribution in [-0.4, -0.2) is 69.9 Å². The first-order chi connectivity index (χ1) is 15.7. The molecule has 0 aliphatic carbocycles. The fourth-order valence-corrected chi connectivity index (χ4v) is 2.97. The fraction of sp³-hybridized carbons (Fsp3) is 0.714. The largest absolute Gasteiger partial charge is 0.481 e. The van der Waals surface area contributed by atoms with E-state index in [-0.39, 0.29) is 18.8 Å². The zero-order chi connectivity index (χ0) is 26.6. The van der Waals surface area contributed by atoms with Crippen molar-refractivity contribution < 1.29 is 39.0 Å². The highest BCUT2D eigenvalue weighted by molar-refractivity contribution is 5.95. The van der Waals surface area contributed by atoms with Gasteiger partial charge in [-0.3, -0.25) is 24.0 Å². The van der Waals surface area contributed by atoms with E-state index in [1.54, 1.807) is 27.7 Å². The molecular weight excluding hydrogens is 450 g/mol. The normalized spacial score (nSPS) is 16.1. The number of primary amides is 1. The first-order valence-corrected chi connectivity index (χ1v) is 11.1. The Morgan fingerprint density at radius 2 is 1.29 bits per heavy atom. The van der Waals surface area contributed by atoms with Gasteiger partial charge in [0.25, 0.3) is 0 Å². The molecule has 4 amide bonds. The lowest BCUT2D eigenvalue weighted by Crippen LogP contribution is -2.59. The number of nitrogens with one attached hydrogen (secondary N) is 3. The molecule has 194 valence electrons. The third-order valence-corrected chi connectivity index (χ3v) is 5.62. The quantitative estimate of drug-likeness (QED) is 0.137. The molecule has 0 saturated carbocycles. The van der Waals surface area contributed by atoms with Crippen molar-refractivity contribution in [2.75, 3.05) is 0 Å². The SMILES string of the molecule is CCC(C)C(NC(=O)C(NC(=O)C(CC(=O)O)NC(=O)C(N)CCC(N)=O)C(C)CC)C(=O)O. The first-order valence-electron chi connectivity index (χ1n) is 11.1. The van der Waals surface area contributed by atoms with Gasteiger partial charge in [-0.15, -0.1) is 0 Å². The van der Waals surface area contributed by atoms with Crippen molar-refractivity contribution in [3.05, 3.63) is 0 Å². The van der Waals surface area contributed by atoms with E-state index in [4.69, 9.17) is 16.6 Å². The number of aliphatic carboxylic acids is 2. The minimum Gasteiger partial charge on any atom is -0.481 e. The minimum absolute atomic E-state index is 0.104. The summed E-state index contributed by atoms with van der Waals surface area (Å²) in [5, 5.41) is 25.7. The monoisotopic (exact) mass is 487 g/mol. The highest BCUT2D eigenvalue weighted by Crippen LogP contribution is 2.13. The number of carboxylic acid groups (broad SMARTS) is 2. The third-order valence-electron chi connectivity index (χ3n) is 5.62. The van der Waals surface area contributed by atoms with Gasteiger partial charge in [-0.25, -0.2) is 4.79 Å². The van der Waals surface area contributed by atoms with Crippen LogP contribution in [0.25, 0.3) is 0 Å². The molecule has 0 aliphatic heterocycles. The molecule has 13 nitrogen and oxygen atoms in total. The molecule has 13 heteroatoms. The Balaban J connectivity index is 5.59. The van der Waals surface area contributed by atoms with Gasteiger partial charge < -0.3 is 37.6 Å². The Kier molecular flexibility index (Phi) is 13.4. The summed E-state index contributed by atoms with van der Waals surface area (Å²) >= 11 is 0. The van der Waals surface area contributed by atoms with Crippen molar-refractivity contribution >= 4 is 35.6 Å². The molecule has 0 fully saturated rings. The van der Waals surface area contributed by atoms with E-state index in [0.717, 1.165) is 0 Å². The summed E-state index contributed by atoms with van der Waals surface area (Å²) in [6.45, 7) is 6.85. The van der Waals surface area contributed by atoms with Gasteiger partial charge in [0, 0.05) is 6.42 Å². The van der Waals surface area contributed by atoms with Crippen molar-refractivity contribution in [2.45, 2.75) is 84.0 Å². The summed E-state index contributed by atoms with van der Waals surface area (Å²) in [7, 11) is 0. The van der Waals surface area contributed by atoms with E-state index < -0.39 is 72.1 Å². The number of nitrogens with two attached hydrogens (primary N) is 2. The van der Waals surface area contributed by atoms with E-state index in [1.165, 1.54) is 0 Å². The van der Waals surface area contributed by atoms with Gasteiger partial charge in [0.1, 0.15) is 18.1 Å². The van der Waals surface area contributed by atoms with Gasteiger partial charge in [-0.2, -0.15) is 0 Å². The second-order valence-corrected chi connectivity index (χ2v) is 8.35. The molecule has 6 atom stereocenters. The van der Waals surface area contributed by atoms with Crippen LogP contribution in [0.2, 0.25) is 0 Å². The van der Waals surface area contributed by atoms with Crippen molar-refractivity contribution in [1.29, 1.82) is 0 Å². The number of hydrogen-bond acceptors (Lipinski definition) is 7. The van der Waals surface area contributed by atoms with E-state index >= 15 is 0 Å². The Labute approximate surface area is 198 Å². The highest BCUT2D eigenvalue weighted by atomic mass is 16.4. The Hall–Kier alpha value is -3.22. The van der Waals surface area contributed by atoms with Gasteiger partial charge in [0.05, 0.1) is 12.5 Å². The number of carbonyl (C=O) groups is 6. The first kappa shape index (κ1) is 30.8. The van der Waals surface area contributed by atoms with E-state index in [9.17, 15) is 33.9 Å². The number of amides is 4. The predicted octanol–water partition coefficient (Wildman–Crippen LogP) is -1.31. The van der Waals surface area contributed by atoms with Crippen LogP contribution in [0.15, 0.2) is 0 Å². The standard InChI is InChI=1S/C21H37N5O8/c1-5-10(3)16(20(32)26-17(21(33)34)11(4)6-2)25-19(31)13(9-15(28)29)24-18(30)12(22)7-8-14(23)27/h10-13,16-17H,5-9,22H2,1-4H3,(H2,23,27)(H,24,30)(H,25,31)(H,26,32)(H,28,29)(H,33,34). The van der Waals surface area contributed by atoms with Gasteiger partial charge in [0.2, 0.25) is 23.6 Å². The summed E-state index contributed by atoms with van der Waals surface area (Å²) in [5.41, 5.74) is 10.7. The van der Waals surface area contributed by atoms with Crippen molar-refractivity contribution in [1.82, 2.24) is 16.0 Å². The van der Waals surface area contributed by atoms with Crippen molar-refractivity contribution in [2.24, 2.45) is 23.3 Å². The topological polar surface area (TPSA) is 231 Å². The Bertz CT molecular complexity index is 759. The zero-order valence-corrected chi connectivity index (χ0v) is 20.0. The lowest BCUT2D eigenvalue weighted by molar-refractivity contribution is -0.144. The maximum absolute atomic E-state index is 12.9. The molecule has 0 saturated heterocycles. The lowest BCUT2D eigenvalue weighted by Gasteiger charge is -2.29. The van der Waals surface area contributed by atoms with Crippen LogP contribution in [0.4, 0.5) is 0 Å². The predicted molar refractivity (Wildman–Crippen MR) is 121 cm³/mol. The molecule has 0 radical (unpaired) electrons. The fourth-order valence-electron chi connectivity index (χ4n) is 2.97. The van der Waals surface area contributed by atoms with Gasteiger partial charge in [-0.1, -0.05) is 40.5 Å². The summed E-state index contributed by atoms with van der Waals surface area (Å²) in [6, 6.07) is -5.13. The molecule has 0 rings (SSSR count). The molecule has 0 aliphatic rings. The maximum atomic E-state index is 12.9. The molecular formula is C21H37N5O8. The summed E-state index contributed by atoms with van der Waals surface area (Å²) in [5.74, 6) is -6.67. The van der Waals surface area contributed by atoms with E-state index in [2.05, 4.69) is 16.0 Å². The van der Waals surface area contributed by atoms with Crippen LogP contribution in [0.5, 0.6) is 0 Å². The number of carboxylic acids is 2. The van der Waals surface area contributed by atoms with Crippen LogP contribution in [0.1, 0.15) is 59.8 Å². The number of rotatable bonds is 16. The molecule has 0 bridgehead atoms. The second-order valence-electron chi connectivity index (χ2n) is 8.35. The molecule has 0 spiro atoms. The molecule has 34 heavy (non-hydrogen) atoms. The van der Waals surface area contributed by atoms with Crippen molar-refractivity contribution in [3.63, 3.8) is 0 Å². The molecule has 6 unspecified atom stereocenters. The second kappa shape index (κ2) is 14.8. The van der Waals surface area contributed by atoms with Gasteiger partial charge >= 0.3 is 11.9 Å². The molecule has 9 N–H and O–H groups in total. The van der Waals surface area contributed by atoms with E-state index in [0.29, 0.717) is 12.8 Å². The number of hydrogen-bond donors (Lipinski definition) is 7. The highest BCUT2D eigenvalue weighted by Gasteiger charge is 2.34. The Morgan fingerprint density at radius 3 is 1.74 bits per heavy atom. The smallest absolute Gasteiger partial charge is 0.326 e. The maximum Gasteiger partial charge on any atom is 0.326 e. The van der Waals surface area contributed by atoms with Crippen molar-refractivity contribution in [3.8, 4) is 0 Å². The molecule has 0 heterocycles. The van der Waals surface area contributed by atoms with Crippen LogP contribution in [0, 0.1) is 11.8 Å². The lowest BCUT2D eigenvalue weighted by atomic mass is 9.95. The molecule has 0 aromatic heterocycles. The van der Waals surface area contributed by atoms with Gasteiger partial charge in [0.15, 0.2) is 0 Å². The van der Waals surface area contributed by atoms with E-state index in [1.807, 2.05) is 0 Å². The average molecular weight is 488 g/mol. The van der Waals surface area contributed by atoms with Crippen LogP contribution >= 0.6 is 0 Å². The minimum atomic E-state index is -1.56. The number of carbonyl (C=O) groups excluding carboxylic acids is 4. The van der Waals surface area contributed by atoms with Crippen LogP contribution in [0.3, 0.4) is 0 Å². The average Bonchev–Trinajstić information content (AvgIpc) is 2.76. The van der Waals surface area contributed by atoms with Crippen LogP contribution in [-0.2, 0) is 28.8 Å². The summed E-state index contributed by atoms with van der Waals surface area (Å²) in [4.78, 5) is 71.7. The summed E-state index contributed by atoms with van der Waals surface area (Å²) < 4.78 is 0. The molecule has 0 aromatic rings. The zero-order valence-electron chi connectivity index (χ0n) is 20.0.